The number of hydrogen-bond donors (Lipinski definition) is 1. The maximum atomic E-state index is 5.51. The van der Waals surface area contributed by atoms with Crippen molar-refractivity contribution in [3.8, 4) is 34.4 Å². The molecule has 126 valence electrons. The van der Waals surface area contributed by atoms with Gasteiger partial charge in [-0.05, 0) is 12.1 Å². The molecule has 0 fully saturated rings. The van der Waals surface area contributed by atoms with Crippen molar-refractivity contribution in [2.24, 2.45) is 0 Å². The Morgan fingerprint density at radius 3 is 2.12 bits per heavy atom. The molecule has 0 radical (unpaired) electrons. The molecule has 24 heavy (non-hydrogen) atoms. The number of fused-ring (bicyclic) bond motifs is 1. The van der Waals surface area contributed by atoms with Crippen LogP contribution in [0.1, 0.15) is 0 Å². The smallest absolute Gasteiger partial charge is 0.171 e. The summed E-state index contributed by atoms with van der Waals surface area (Å²) in [7, 11) is 6.40. The Labute approximate surface area is 147 Å². The van der Waals surface area contributed by atoms with Gasteiger partial charge in [-0.25, -0.2) is 4.98 Å². The number of nitrogens with zero attached hydrogens (tertiary/aromatic N) is 1. The van der Waals surface area contributed by atoms with Crippen molar-refractivity contribution >= 4 is 27.0 Å². The summed E-state index contributed by atoms with van der Waals surface area (Å²) in [4.78, 5) is 7.93. The lowest BCUT2D eigenvalue weighted by Gasteiger charge is -2.11. The lowest BCUT2D eigenvalue weighted by molar-refractivity contribution is 0.356. The zero-order valence-corrected chi connectivity index (χ0v) is 15.4. The minimum absolute atomic E-state index is 0.610. The van der Waals surface area contributed by atoms with Gasteiger partial charge in [0, 0.05) is 16.6 Å². The van der Waals surface area contributed by atoms with Crippen LogP contribution in [0, 0.1) is 0 Å². The van der Waals surface area contributed by atoms with E-state index in [9.17, 15) is 0 Å². The zero-order chi connectivity index (χ0) is 17.3. The van der Waals surface area contributed by atoms with Crippen LogP contribution in [0.25, 0.3) is 22.4 Å². The molecule has 0 spiro atoms. The van der Waals surface area contributed by atoms with Crippen LogP contribution in [0.3, 0.4) is 0 Å². The Kier molecular flexibility index (Phi) is 4.53. The van der Waals surface area contributed by atoms with Gasteiger partial charge in [0.25, 0.3) is 0 Å². The molecule has 1 aromatic heterocycles. The molecule has 0 saturated carbocycles. The molecule has 1 heterocycles. The second-order valence-electron chi connectivity index (χ2n) is 5.00. The molecule has 0 amide bonds. The van der Waals surface area contributed by atoms with Crippen molar-refractivity contribution < 1.29 is 18.9 Å². The van der Waals surface area contributed by atoms with Crippen molar-refractivity contribution in [2.75, 3.05) is 28.4 Å². The maximum absolute atomic E-state index is 5.51. The second kappa shape index (κ2) is 6.60. The van der Waals surface area contributed by atoms with Gasteiger partial charge in [0.05, 0.1) is 45.0 Å². The number of imidazole rings is 1. The fourth-order valence-electron chi connectivity index (χ4n) is 2.57. The number of rotatable bonds is 5. The van der Waals surface area contributed by atoms with Crippen LogP contribution in [0.5, 0.6) is 23.0 Å². The molecular formula is C17H17BrN2O4. The SMILES string of the molecule is COc1cc2nc(-c3cc(Br)cc(OC)c3OC)[nH]c2cc1OC. The number of H-pyrrole nitrogens is 1. The normalized spacial score (nSPS) is 10.7. The molecule has 1 N–H and O–H groups in total. The minimum atomic E-state index is 0.610. The number of methoxy groups -OCH3 is 4. The number of hydrogen-bond acceptors (Lipinski definition) is 5. The highest BCUT2D eigenvalue weighted by atomic mass is 79.9. The summed E-state index contributed by atoms with van der Waals surface area (Å²) in [5.41, 5.74) is 2.39. The Hall–Kier alpha value is -2.41. The highest BCUT2D eigenvalue weighted by Gasteiger charge is 2.17. The maximum Gasteiger partial charge on any atom is 0.171 e. The number of benzene rings is 2. The van der Waals surface area contributed by atoms with Crippen LogP contribution in [0.15, 0.2) is 28.7 Å². The Morgan fingerprint density at radius 2 is 1.50 bits per heavy atom. The van der Waals surface area contributed by atoms with Crippen LogP contribution in [-0.2, 0) is 0 Å². The van der Waals surface area contributed by atoms with Gasteiger partial charge in [-0.1, -0.05) is 15.9 Å². The highest BCUT2D eigenvalue weighted by molar-refractivity contribution is 9.10. The third-order valence-electron chi connectivity index (χ3n) is 3.69. The third-order valence-corrected chi connectivity index (χ3v) is 4.14. The van der Waals surface area contributed by atoms with Crippen LogP contribution >= 0.6 is 15.9 Å². The highest BCUT2D eigenvalue weighted by Crippen LogP contribution is 2.41. The van der Waals surface area contributed by atoms with E-state index in [2.05, 4.69) is 25.9 Å². The largest absolute Gasteiger partial charge is 0.493 e. The average Bonchev–Trinajstić information content (AvgIpc) is 3.02. The summed E-state index contributed by atoms with van der Waals surface area (Å²) in [6.07, 6.45) is 0. The Balaban J connectivity index is 2.21. The molecule has 0 unspecified atom stereocenters. The predicted octanol–water partition coefficient (Wildman–Crippen LogP) is 4.03. The first-order valence-corrected chi connectivity index (χ1v) is 7.94. The lowest BCUT2D eigenvalue weighted by atomic mass is 10.1. The van der Waals surface area contributed by atoms with E-state index < -0.39 is 0 Å². The Bertz CT molecular complexity index is 851. The molecule has 3 aromatic rings. The summed E-state index contributed by atoms with van der Waals surface area (Å²) in [5.74, 6) is 3.16. The summed E-state index contributed by atoms with van der Waals surface area (Å²) in [6, 6.07) is 7.45. The summed E-state index contributed by atoms with van der Waals surface area (Å²) >= 11 is 3.49. The molecule has 6 nitrogen and oxygen atoms in total. The van der Waals surface area contributed by atoms with Crippen LogP contribution in [0.2, 0.25) is 0 Å². The zero-order valence-electron chi connectivity index (χ0n) is 13.8. The molecule has 7 heteroatoms. The molecule has 3 rings (SSSR count). The number of aromatic nitrogens is 2. The van der Waals surface area contributed by atoms with Crippen molar-refractivity contribution in [1.29, 1.82) is 0 Å². The van der Waals surface area contributed by atoms with E-state index in [4.69, 9.17) is 18.9 Å². The first kappa shape index (κ1) is 16.4. The van der Waals surface area contributed by atoms with E-state index in [0.29, 0.717) is 28.8 Å². The molecule has 0 atom stereocenters. The fourth-order valence-corrected chi connectivity index (χ4v) is 3.01. The van der Waals surface area contributed by atoms with E-state index in [1.54, 1.807) is 28.4 Å². The molecule has 2 aromatic carbocycles. The van der Waals surface area contributed by atoms with Gasteiger partial charge < -0.3 is 23.9 Å². The minimum Gasteiger partial charge on any atom is -0.493 e. The van der Waals surface area contributed by atoms with Gasteiger partial charge in [-0.3, -0.25) is 0 Å². The monoisotopic (exact) mass is 392 g/mol. The Morgan fingerprint density at radius 1 is 0.833 bits per heavy atom. The summed E-state index contributed by atoms with van der Waals surface area (Å²) in [6.45, 7) is 0. The van der Waals surface area contributed by atoms with Gasteiger partial charge in [-0.2, -0.15) is 0 Å². The molecule has 0 aliphatic carbocycles. The predicted molar refractivity (Wildman–Crippen MR) is 95.4 cm³/mol. The van der Waals surface area contributed by atoms with Gasteiger partial charge in [-0.15, -0.1) is 0 Å². The quantitative estimate of drug-likeness (QED) is 0.709. The number of nitrogens with one attached hydrogen (secondary N) is 1. The van der Waals surface area contributed by atoms with Crippen molar-refractivity contribution in [3.63, 3.8) is 0 Å². The standard InChI is InChI=1S/C17H17BrN2O4/c1-21-13-7-11-12(8-14(13)22-2)20-17(19-11)10-5-9(18)6-15(23-3)16(10)24-4/h5-8H,1-4H3,(H,19,20). The summed E-state index contributed by atoms with van der Waals surface area (Å²) < 4.78 is 22.4. The molecule has 0 aliphatic heterocycles. The average molecular weight is 393 g/mol. The van der Waals surface area contributed by atoms with Crippen LogP contribution in [0.4, 0.5) is 0 Å². The van der Waals surface area contributed by atoms with Gasteiger partial charge in [0.2, 0.25) is 0 Å². The van der Waals surface area contributed by atoms with E-state index >= 15 is 0 Å². The molecule has 0 aliphatic rings. The lowest BCUT2D eigenvalue weighted by Crippen LogP contribution is -1.94. The number of ether oxygens (including phenoxy) is 4. The van der Waals surface area contributed by atoms with Crippen molar-refractivity contribution in [3.05, 3.63) is 28.7 Å². The summed E-state index contributed by atoms with van der Waals surface area (Å²) in [5, 5.41) is 0. The van der Waals surface area contributed by atoms with Gasteiger partial charge in [0.15, 0.2) is 23.0 Å². The van der Waals surface area contributed by atoms with E-state index in [1.807, 2.05) is 24.3 Å². The first-order chi connectivity index (χ1) is 11.6. The topological polar surface area (TPSA) is 65.6 Å². The molecular weight excluding hydrogens is 376 g/mol. The van der Waals surface area contributed by atoms with Crippen molar-refractivity contribution in [1.82, 2.24) is 9.97 Å². The van der Waals surface area contributed by atoms with E-state index in [-0.39, 0.29) is 0 Å². The fraction of sp³-hybridized carbons (Fsp3) is 0.235. The first-order valence-electron chi connectivity index (χ1n) is 7.15. The van der Waals surface area contributed by atoms with E-state index in [0.717, 1.165) is 21.1 Å². The van der Waals surface area contributed by atoms with Crippen LogP contribution in [-0.4, -0.2) is 38.4 Å². The van der Waals surface area contributed by atoms with Crippen LogP contribution < -0.4 is 18.9 Å². The second-order valence-corrected chi connectivity index (χ2v) is 5.91. The van der Waals surface area contributed by atoms with E-state index in [1.165, 1.54) is 0 Å². The number of halogens is 1. The molecule has 0 saturated heterocycles. The molecule has 0 bridgehead atoms. The van der Waals surface area contributed by atoms with Gasteiger partial charge >= 0.3 is 0 Å². The number of aromatic amines is 1. The third kappa shape index (κ3) is 2.75. The van der Waals surface area contributed by atoms with Crippen molar-refractivity contribution in [2.45, 2.75) is 0 Å². The van der Waals surface area contributed by atoms with Gasteiger partial charge in [0.1, 0.15) is 5.82 Å².